The molecule has 0 bridgehead atoms. The van der Waals surface area contributed by atoms with Crippen LogP contribution in [0, 0.1) is 32.1 Å². The molecule has 0 fully saturated rings. The molecular weight excluding hydrogens is 382 g/mol. The minimum Gasteiger partial charge on any atom is -0.360 e. The number of hydrogen-bond acceptors (Lipinski definition) is 5. The predicted octanol–water partition coefficient (Wildman–Crippen LogP) is 3.89. The fourth-order valence-corrected chi connectivity index (χ4v) is 3.09. The van der Waals surface area contributed by atoms with Crippen LogP contribution in [-0.4, -0.2) is 21.5 Å². The van der Waals surface area contributed by atoms with E-state index in [0.29, 0.717) is 23.0 Å². The summed E-state index contributed by atoms with van der Waals surface area (Å²) in [6, 6.07) is 12.3. The number of amides is 2. The molecule has 2 heterocycles. The first-order valence-corrected chi connectivity index (χ1v) is 9.22. The number of aryl methyl sites for hydroxylation is 2. The Morgan fingerprint density at radius 1 is 1.10 bits per heavy atom. The number of nitrogens with one attached hydrogen (secondary N) is 2. The smallest absolute Gasteiger partial charge is 0.266 e. The van der Waals surface area contributed by atoms with Gasteiger partial charge >= 0.3 is 0 Å². The Kier molecular flexibility index (Phi) is 5.83. The van der Waals surface area contributed by atoms with Gasteiger partial charge in [0.1, 0.15) is 17.4 Å². The summed E-state index contributed by atoms with van der Waals surface area (Å²) in [5.41, 5.74) is 3.57. The van der Waals surface area contributed by atoms with Crippen LogP contribution in [0.1, 0.15) is 29.6 Å². The van der Waals surface area contributed by atoms with E-state index in [4.69, 9.17) is 4.52 Å². The van der Waals surface area contributed by atoms with Crippen molar-refractivity contribution in [1.29, 1.82) is 5.26 Å². The lowest BCUT2D eigenvalue weighted by molar-refractivity contribution is -0.114. The Hall–Kier alpha value is -4.12. The summed E-state index contributed by atoms with van der Waals surface area (Å²) in [6.45, 7) is 7.03. The second-order valence-corrected chi connectivity index (χ2v) is 6.84. The first-order valence-electron chi connectivity index (χ1n) is 9.22. The van der Waals surface area contributed by atoms with Gasteiger partial charge in [0.2, 0.25) is 5.91 Å². The third kappa shape index (κ3) is 4.47. The van der Waals surface area contributed by atoms with E-state index in [1.807, 2.05) is 43.5 Å². The standard InChI is InChI=1S/C22H21N5O3/c1-13-9-17(15(3)27(13)21-10-14(2)30-26-21)11-18(12-23)22(29)25-20-7-5-19(6-8-20)24-16(4)28/h5-11H,1-4H3,(H,24,28)(H,25,29)/b18-11+. The van der Waals surface area contributed by atoms with Gasteiger partial charge in [-0.2, -0.15) is 5.26 Å². The maximum Gasteiger partial charge on any atom is 0.266 e. The number of aromatic nitrogens is 2. The van der Waals surface area contributed by atoms with Gasteiger partial charge in [0.15, 0.2) is 5.82 Å². The summed E-state index contributed by atoms with van der Waals surface area (Å²) in [5.74, 6) is 0.632. The monoisotopic (exact) mass is 403 g/mol. The Bertz CT molecular complexity index is 1180. The van der Waals surface area contributed by atoms with Crippen LogP contribution in [-0.2, 0) is 9.59 Å². The molecule has 30 heavy (non-hydrogen) atoms. The van der Waals surface area contributed by atoms with Crippen molar-refractivity contribution >= 4 is 29.3 Å². The van der Waals surface area contributed by atoms with E-state index in [1.165, 1.54) is 6.92 Å². The molecule has 0 saturated heterocycles. The number of benzene rings is 1. The molecule has 1 aromatic carbocycles. The molecule has 0 spiro atoms. The van der Waals surface area contributed by atoms with Crippen LogP contribution >= 0.6 is 0 Å². The highest BCUT2D eigenvalue weighted by atomic mass is 16.5. The SMILES string of the molecule is CC(=O)Nc1ccc(NC(=O)/C(C#N)=C/c2cc(C)n(-c3cc(C)on3)c2C)cc1. The van der Waals surface area contributed by atoms with Crippen molar-refractivity contribution in [2.24, 2.45) is 0 Å². The van der Waals surface area contributed by atoms with E-state index in [9.17, 15) is 14.9 Å². The van der Waals surface area contributed by atoms with Crippen molar-refractivity contribution < 1.29 is 14.1 Å². The highest BCUT2D eigenvalue weighted by molar-refractivity contribution is 6.09. The minimum atomic E-state index is -0.521. The summed E-state index contributed by atoms with van der Waals surface area (Å²) in [4.78, 5) is 23.7. The lowest BCUT2D eigenvalue weighted by Crippen LogP contribution is -2.13. The van der Waals surface area contributed by atoms with Gasteiger partial charge in [0.05, 0.1) is 0 Å². The summed E-state index contributed by atoms with van der Waals surface area (Å²) in [6.07, 6.45) is 1.55. The highest BCUT2D eigenvalue weighted by Crippen LogP contribution is 2.23. The topological polar surface area (TPSA) is 113 Å². The Morgan fingerprint density at radius 3 is 2.27 bits per heavy atom. The summed E-state index contributed by atoms with van der Waals surface area (Å²) < 4.78 is 7.05. The Labute approximate surface area is 173 Å². The molecule has 0 unspecified atom stereocenters. The Morgan fingerprint density at radius 2 is 1.73 bits per heavy atom. The molecule has 152 valence electrons. The number of anilines is 2. The molecule has 8 heteroatoms. The number of hydrogen-bond donors (Lipinski definition) is 2. The average molecular weight is 403 g/mol. The van der Waals surface area contributed by atoms with E-state index in [2.05, 4.69) is 15.8 Å². The van der Waals surface area contributed by atoms with Crippen molar-refractivity contribution in [3.05, 3.63) is 64.7 Å². The first-order chi connectivity index (χ1) is 14.3. The lowest BCUT2D eigenvalue weighted by Gasteiger charge is -2.07. The molecule has 2 aromatic heterocycles. The molecule has 3 rings (SSSR count). The third-order valence-corrected chi connectivity index (χ3v) is 4.44. The molecule has 0 aliphatic rings. The molecule has 8 nitrogen and oxygen atoms in total. The predicted molar refractivity (Wildman–Crippen MR) is 113 cm³/mol. The summed E-state index contributed by atoms with van der Waals surface area (Å²) >= 11 is 0. The molecule has 0 aliphatic heterocycles. The van der Waals surface area contributed by atoms with Crippen molar-refractivity contribution in [2.75, 3.05) is 10.6 Å². The summed E-state index contributed by atoms with van der Waals surface area (Å²) in [5, 5.41) is 18.9. The van der Waals surface area contributed by atoms with Gasteiger partial charge in [-0.3, -0.25) is 14.2 Å². The number of nitriles is 1. The maximum atomic E-state index is 12.6. The molecular formula is C22H21N5O3. The third-order valence-electron chi connectivity index (χ3n) is 4.44. The first kappa shape index (κ1) is 20.6. The summed E-state index contributed by atoms with van der Waals surface area (Å²) in [7, 11) is 0. The largest absolute Gasteiger partial charge is 0.360 e. The number of carbonyl (C=O) groups is 2. The lowest BCUT2D eigenvalue weighted by atomic mass is 10.1. The molecule has 2 amide bonds. The van der Waals surface area contributed by atoms with E-state index < -0.39 is 5.91 Å². The van der Waals surface area contributed by atoms with Crippen LogP contribution in [0.25, 0.3) is 11.9 Å². The molecule has 3 aromatic rings. The van der Waals surface area contributed by atoms with Crippen LogP contribution in [0.4, 0.5) is 11.4 Å². The van der Waals surface area contributed by atoms with Gasteiger partial charge in [0.25, 0.3) is 5.91 Å². The van der Waals surface area contributed by atoms with Crippen LogP contribution < -0.4 is 10.6 Å². The van der Waals surface area contributed by atoms with E-state index in [0.717, 1.165) is 17.0 Å². The zero-order chi connectivity index (χ0) is 21.8. The van der Waals surface area contributed by atoms with Gasteiger partial charge in [-0.1, -0.05) is 5.16 Å². The van der Waals surface area contributed by atoms with Gasteiger partial charge in [-0.05, 0) is 62.7 Å². The van der Waals surface area contributed by atoms with Crippen molar-refractivity contribution in [1.82, 2.24) is 9.72 Å². The number of rotatable bonds is 5. The van der Waals surface area contributed by atoms with Crippen molar-refractivity contribution in [3.8, 4) is 11.9 Å². The average Bonchev–Trinajstić information content (AvgIpc) is 3.23. The Balaban J connectivity index is 1.83. The van der Waals surface area contributed by atoms with Crippen molar-refractivity contribution in [2.45, 2.75) is 27.7 Å². The molecule has 0 aliphatic carbocycles. The minimum absolute atomic E-state index is 0.0301. The van der Waals surface area contributed by atoms with Gasteiger partial charge < -0.3 is 15.2 Å². The van der Waals surface area contributed by atoms with Crippen LogP contribution in [0.15, 0.2) is 46.5 Å². The normalized spacial score (nSPS) is 11.1. The van der Waals surface area contributed by atoms with E-state index in [1.54, 1.807) is 30.3 Å². The van der Waals surface area contributed by atoms with Crippen LogP contribution in [0.5, 0.6) is 0 Å². The van der Waals surface area contributed by atoms with Gasteiger partial charge in [-0.15, -0.1) is 0 Å². The van der Waals surface area contributed by atoms with E-state index >= 15 is 0 Å². The van der Waals surface area contributed by atoms with Gasteiger partial charge in [-0.25, -0.2) is 0 Å². The molecule has 0 atom stereocenters. The second kappa shape index (κ2) is 8.49. The highest BCUT2D eigenvalue weighted by Gasteiger charge is 2.15. The second-order valence-electron chi connectivity index (χ2n) is 6.84. The fourth-order valence-electron chi connectivity index (χ4n) is 3.09. The number of nitrogens with zero attached hydrogens (tertiary/aromatic N) is 3. The van der Waals surface area contributed by atoms with Crippen molar-refractivity contribution in [3.63, 3.8) is 0 Å². The molecule has 2 N–H and O–H groups in total. The zero-order valence-electron chi connectivity index (χ0n) is 17.1. The quantitative estimate of drug-likeness (QED) is 0.496. The number of carbonyl (C=O) groups excluding carboxylic acids is 2. The molecule has 0 saturated carbocycles. The van der Waals surface area contributed by atoms with E-state index in [-0.39, 0.29) is 11.5 Å². The van der Waals surface area contributed by atoms with Crippen LogP contribution in [0.2, 0.25) is 0 Å². The van der Waals surface area contributed by atoms with Gasteiger partial charge in [0, 0.05) is 35.8 Å². The maximum absolute atomic E-state index is 12.6. The van der Waals surface area contributed by atoms with Crippen LogP contribution in [0.3, 0.4) is 0 Å². The fraction of sp³-hybridized carbons (Fsp3) is 0.182. The zero-order valence-corrected chi connectivity index (χ0v) is 17.1. The molecule has 0 radical (unpaired) electrons.